The normalized spacial score (nSPS) is 10.5. The van der Waals surface area contributed by atoms with Gasteiger partial charge in [-0.2, -0.15) is 9.37 Å². The molecule has 0 spiro atoms. The van der Waals surface area contributed by atoms with Gasteiger partial charge in [-0.3, -0.25) is 0 Å². The Bertz CT molecular complexity index is 570. The van der Waals surface area contributed by atoms with Crippen LogP contribution in [0.5, 0.6) is 11.6 Å². The molecule has 0 saturated carbocycles. The molecule has 0 fully saturated rings. The van der Waals surface area contributed by atoms with Crippen molar-refractivity contribution in [3.63, 3.8) is 0 Å². The first-order chi connectivity index (χ1) is 9.10. The van der Waals surface area contributed by atoms with Gasteiger partial charge in [0.1, 0.15) is 5.75 Å². The molecule has 0 aliphatic heterocycles. The minimum absolute atomic E-state index is 0.317. The Kier molecular flexibility index (Phi) is 4.04. The van der Waals surface area contributed by atoms with Crippen LogP contribution >= 0.6 is 0 Å². The Labute approximate surface area is 108 Å². The average molecular weight is 267 g/mol. The summed E-state index contributed by atoms with van der Waals surface area (Å²) in [6.07, 6.45) is 1.94. The summed E-state index contributed by atoms with van der Waals surface area (Å²) in [5.41, 5.74) is 1.12. The summed E-state index contributed by atoms with van der Waals surface area (Å²) in [5, 5.41) is 0. The maximum Gasteiger partial charge on any atom is 0.258 e. The molecule has 1 heterocycles. The molecule has 0 unspecified atom stereocenters. The molecule has 0 aliphatic rings. The molecule has 0 atom stereocenters. The van der Waals surface area contributed by atoms with Crippen LogP contribution in [0.2, 0.25) is 0 Å². The molecule has 0 saturated heterocycles. The third kappa shape index (κ3) is 3.24. The lowest BCUT2D eigenvalue weighted by molar-refractivity contribution is 0.387. The van der Waals surface area contributed by atoms with Crippen LogP contribution in [0, 0.1) is 17.6 Å². The largest absolute Gasteiger partial charge is 0.436 e. The van der Waals surface area contributed by atoms with E-state index < -0.39 is 23.5 Å². The number of aryl methyl sites for hydroxylation is 1. The van der Waals surface area contributed by atoms with Crippen molar-refractivity contribution >= 4 is 0 Å². The number of ether oxygens (including phenoxy) is 1. The summed E-state index contributed by atoms with van der Waals surface area (Å²) < 4.78 is 44.0. The van der Waals surface area contributed by atoms with Crippen molar-refractivity contribution in [2.75, 3.05) is 0 Å². The second kappa shape index (κ2) is 5.73. The minimum atomic E-state index is -1.39. The maximum absolute atomic E-state index is 13.3. The average Bonchev–Trinajstić information content (AvgIpc) is 2.38. The molecule has 19 heavy (non-hydrogen) atoms. The quantitative estimate of drug-likeness (QED) is 0.773. The highest BCUT2D eigenvalue weighted by Crippen LogP contribution is 2.24. The third-order valence-electron chi connectivity index (χ3n) is 2.53. The number of hydrogen-bond donors (Lipinski definition) is 0. The predicted octanol–water partition coefficient (Wildman–Crippen LogP) is 4.24. The smallest absolute Gasteiger partial charge is 0.258 e. The van der Waals surface area contributed by atoms with E-state index in [1.807, 2.05) is 12.1 Å². The summed E-state index contributed by atoms with van der Waals surface area (Å²) in [6.45, 7) is 2.06. The molecule has 0 amide bonds. The highest BCUT2D eigenvalue weighted by molar-refractivity contribution is 5.31. The predicted molar refractivity (Wildman–Crippen MR) is 64.6 cm³/mol. The van der Waals surface area contributed by atoms with Gasteiger partial charge in [0.2, 0.25) is 0 Å². The van der Waals surface area contributed by atoms with E-state index in [9.17, 15) is 13.2 Å². The number of rotatable bonds is 4. The van der Waals surface area contributed by atoms with Crippen LogP contribution < -0.4 is 4.74 Å². The molecule has 0 N–H and O–H groups in total. The number of pyridine rings is 1. The zero-order chi connectivity index (χ0) is 13.8. The van der Waals surface area contributed by atoms with Gasteiger partial charge in [0.15, 0.2) is 11.6 Å². The lowest BCUT2D eigenvalue weighted by Gasteiger charge is -2.07. The van der Waals surface area contributed by atoms with Gasteiger partial charge in [-0.15, -0.1) is 0 Å². The molecule has 2 nitrogen and oxygen atoms in total. The van der Waals surface area contributed by atoms with Crippen LogP contribution in [0.3, 0.4) is 0 Å². The standard InChI is InChI=1S/C14H12F3NO/c1-2-3-9-4-6-10(7-5-9)19-14-12(16)8-11(15)13(17)18-14/h4-8H,2-3H2,1H3. The van der Waals surface area contributed by atoms with Crippen molar-refractivity contribution in [1.29, 1.82) is 0 Å². The fraction of sp³-hybridized carbons (Fsp3) is 0.214. The van der Waals surface area contributed by atoms with Crippen LogP contribution in [0.4, 0.5) is 13.2 Å². The van der Waals surface area contributed by atoms with Crippen LogP contribution in [0.15, 0.2) is 30.3 Å². The Hall–Kier alpha value is -2.04. The van der Waals surface area contributed by atoms with Crippen LogP contribution in [0.25, 0.3) is 0 Å². The summed E-state index contributed by atoms with van der Waals surface area (Å²) in [7, 11) is 0. The topological polar surface area (TPSA) is 22.1 Å². The summed E-state index contributed by atoms with van der Waals surface area (Å²) in [5.74, 6) is -4.04. The molecular formula is C14H12F3NO. The lowest BCUT2D eigenvalue weighted by atomic mass is 10.1. The molecule has 1 aromatic heterocycles. The Morgan fingerprint density at radius 1 is 1.05 bits per heavy atom. The lowest BCUT2D eigenvalue weighted by Crippen LogP contribution is -1.98. The zero-order valence-corrected chi connectivity index (χ0v) is 10.3. The fourth-order valence-electron chi connectivity index (χ4n) is 1.62. The van der Waals surface area contributed by atoms with Gasteiger partial charge in [0.25, 0.3) is 11.8 Å². The Morgan fingerprint density at radius 2 is 1.74 bits per heavy atom. The Balaban J connectivity index is 2.19. The van der Waals surface area contributed by atoms with Crippen LogP contribution in [-0.2, 0) is 6.42 Å². The van der Waals surface area contributed by atoms with Crippen molar-refractivity contribution in [3.05, 3.63) is 53.5 Å². The van der Waals surface area contributed by atoms with E-state index in [4.69, 9.17) is 4.74 Å². The van der Waals surface area contributed by atoms with Crippen molar-refractivity contribution in [2.24, 2.45) is 0 Å². The van der Waals surface area contributed by atoms with Gasteiger partial charge < -0.3 is 4.74 Å². The molecule has 0 bridgehead atoms. The minimum Gasteiger partial charge on any atom is -0.436 e. The number of nitrogens with zero attached hydrogens (tertiary/aromatic N) is 1. The molecule has 0 aliphatic carbocycles. The highest BCUT2D eigenvalue weighted by Gasteiger charge is 2.13. The first kappa shape index (κ1) is 13.4. The van der Waals surface area contributed by atoms with Gasteiger partial charge in [0, 0.05) is 6.07 Å². The van der Waals surface area contributed by atoms with Crippen molar-refractivity contribution in [3.8, 4) is 11.6 Å². The van der Waals surface area contributed by atoms with Gasteiger partial charge in [-0.25, -0.2) is 8.78 Å². The monoisotopic (exact) mass is 267 g/mol. The summed E-state index contributed by atoms with van der Waals surface area (Å²) >= 11 is 0. The number of benzene rings is 1. The Morgan fingerprint density at radius 3 is 2.37 bits per heavy atom. The first-order valence-electron chi connectivity index (χ1n) is 5.88. The van der Waals surface area contributed by atoms with E-state index in [1.54, 1.807) is 12.1 Å². The SMILES string of the molecule is CCCc1ccc(Oc2nc(F)c(F)cc2F)cc1. The molecule has 100 valence electrons. The van der Waals surface area contributed by atoms with E-state index in [0.29, 0.717) is 11.8 Å². The summed E-state index contributed by atoms with van der Waals surface area (Å²) in [6, 6.07) is 7.33. The number of halogens is 3. The van der Waals surface area contributed by atoms with Crippen molar-refractivity contribution in [2.45, 2.75) is 19.8 Å². The second-order valence-electron chi connectivity index (χ2n) is 4.04. The van der Waals surface area contributed by atoms with E-state index in [2.05, 4.69) is 11.9 Å². The third-order valence-corrected chi connectivity index (χ3v) is 2.53. The first-order valence-corrected chi connectivity index (χ1v) is 5.88. The maximum atomic E-state index is 13.3. The second-order valence-corrected chi connectivity index (χ2v) is 4.04. The van der Waals surface area contributed by atoms with Crippen LogP contribution in [0.1, 0.15) is 18.9 Å². The van der Waals surface area contributed by atoms with E-state index in [-0.39, 0.29) is 0 Å². The van der Waals surface area contributed by atoms with Gasteiger partial charge in [-0.05, 0) is 24.1 Å². The van der Waals surface area contributed by atoms with Crippen LogP contribution in [-0.4, -0.2) is 4.98 Å². The highest BCUT2D eigenvalue weighted by atomic mass is 19.2. The molecule has 2 aromatic rings. The molecule has 2 rings (SSSR count). The van der Waals surface area contributed by atoms with Crippen molar-refractivity contribution in [1.82, 2.24) is 4.98 Å². The summed E-state index contributed by atoms with van der Waals surface area (Å²) in [4.78, 5) is 3.09. The van der Waals surface area contributed by atoms with Gasteiger partial charge in [-0.1, -0.05) is 25.5 Å². The van der Waals surface area contributed by atoms with E-state index in [0.717, 1.165) is 18.4 Å². The molecule has 5 heteroatoms. The van der Waals surface area contributed by atoms with Gasteiger partial charge in [0.05, 0.1) is 0 Å². The molecular weight excluding hydrogens is 255 g/mol. The number of hydrogen-bond acceptors (Lipinski definition) is 2. The molecule has 0 radical (unpaired) electrons. The fourth-order valence-corrected chi connectivity index (χ4v) is 1.62. The number of aromatic nitrogens is 1. The van der Waals surface area contributed by atoms with Crippen molar-refractivity contribution < 1.29 is 17.9 Å². The zero-order valence-electron chi connectivity index (χ0n) is 10.3. The van der Waals surface area contributed by atoms with E-state index >= 15 is 0 Å². The molecule has 1 aromatic carbocycles. The van der Waals surface area contributed by atoms with Gasteiger partial charge >= 0.3 is 0 Å². The van der Waals surface area contributed by atoms with E-state index in [1.165, 1.54) is 0 Å².